The van der Waals surface area contributed by atoms with E-state index in [1.807, 2.05) is 6.07 Å². The highest BCUT2D eigenvalue weighted by atomic mass is 19.1. The Balaban J connectivity index is 1.34. The topological polar surface area (TPSA) is 0 Å². The molecule has 1 heteroatoms. The minimum atomic E-state index is 0.0136. The van der Waals surface area contributed by atoms with Crippen LogP contribution in [0.3, 0.4) is 0 Å². The van der Waals surface area contributed by atoms with Gasteiger partial charge in [-0.3, -0.25) is 0 Å². The van der Waals surface area contributed by atoms with Crippen molar-refractivity contribution in [3.8, 4) is 0 Å². The van der Waals surface area contributed by atoms with Gasteiger partial charge < -0.3 is 0 Å². The highest BCUT2D eigenvalue weighted by Gasteiger charge is 2.22. The van der Waals surface area contributed by atoms with Crippen LogP contribution in [0.25, 0.3) is 0 Å². The largest absolute Gasteiger partial charge is 0.207 e. The number of halogens is 1. The summed E-state index contributed by atoms with van der Waals surface area (Å²) in [5.41, 5.74) is 3.69. The van der Waals surface area contributed by atoms with Gasteiger partial charge in [0.05, 0.1) is 0 Å². The average Bonchev–Trinajstić information content (AvgIpc) is 2.81. The molecule has 1 fully saturated rings. The van der Waals surface area contributed by atoms with Gasteiger partial charge in [0.1, 0.15) is 5.82 Å². The number of hydrogen-bond donors (Lipinski definition) is 0. The smallest absolute Gasteiger partial charge is 0.126 e. The van der Waals surface area contributed by atoms with E-state index in [0.717, 1.165) is 49.0 Å². The third-order valence-corrected chi connectivity index (χ3v) is 8.29. The number of allylic oxidation sites excluding steroid dienone is 2. The van der Waals surface area contributed by atoms with Crippen molar-refractivity contribution in [3.05, 3.63) is 46.8 Å². The molecular formula is C30H47F. The second-order valence-electron chi connectivity index (χ2n) is 10.6. The van der Waals surface area contributed by atoms with Crippen LogP contribution in [-0.2, 0) is 12.8 Å². The second-order valence-corrected chi connectivity index (χ2v) is 10.6. The lowest BCUT2D eigenvalue weighted by Crippen LogP contribution is -2.15. The first-order valence-electron chi connectivity index (χ1n) is 13.6. The van der Waals surface area contributed by atoms with Crippen molar-refractivity contribution in [2.75, 3.05) is 0 Å². The summed E-state index contributed by atoms with van der Waals surface area (Å²) >= 11 is 0. The summed E-state index contributed by atoms with van der Waals surface area (Å²) in [6.45, 7) is 4.58. The van der Waals surface area contributed by atoms with Crippen LogP contribution < -0.4 is 0 Å². The molecule has 0 saturated heterocycles. The van der Waals surface area contributed by atoms with Gasteiger partial charge in [-0.15, -0.1) is 0 Å². The first-order valence-corrected chi connectivity index (χ1v) is 13.6. The Hall–Kier alpha value is -1.11. The van der Waals surface area contributed by atoms with Gasteiger partial charge in [-0.1, -0.05) is 95.4 Å². The van der Waals surface area contributed by atoms with E-state index in [1.165, 1.54) is 89.0 Å². The van der Waals surface area contributed by atoms with Gasteiger partial charge >= 0.3 is 0 Å². The average molecular weight is 427 g/mol. The molecule has 31 heavy (non-hydrogen) atoms. The minimum absolute atomic E-state index is 0.0136. The molecule has 0 aromatic heterocycles. The summed E-state index contributed by atoms with van der Waals surface area (Å²) in [6.07, 6.45) is 24.5. The molecule has 174 valence electrons. The first kappa shape index (κ1) is 24.5. The van der Waals surface area contributed by atoms with E-state index in [2.05, 4.69) is 26.0 Å². The van der Waals surface area contributed by atoms with Gasteiger partial charge in [-0.25, -0.2) is 4.39 Å². The number of unbranched alkanes of at least 4 members (excludes halogenated alkanes) is 3. The molecule has 3 rings (SSSR count). The molecule has 0 amide bonds. The Morgan fingerprint density at radius 2 is 1.58 bits per heavy atom. The summed E-state index contributed by atoms with van der Waals surface area (Å²) in [6, 6.07) is 6.00. The Kier molecular flexibility index (Phi) is 10.6. The first-order chi connectivity index (χ1) is 15.2. The molecule has 1 saturated carbocycles. The van der Waals surface area contributed by atoms with Crippen LogP contribution in [-0.4, -0.2) is 0 Å². The SMILES string of the molecule is CCCCCCc1ccc(CCC2=CCC(CC[C@H]3CC[C@H](CC)CC3)CC2)cc1F. The molecule has 0 spiro atoms. The van der Waals surface area contributed by atoms with E-state index in [-0.39, 0.29) is 5.82 Å². The fourth-order valence-corrected chi connectivity index (χ4v) is 5.83. The quantitative estimate of drug-likeness (QED) is 0.230. The molecule has 0 radical (unpaired) electrons. The zero-order valence-corrected chi connectivity index (χ0v) is 20.4. The maximum absolute atomic E-state index is 14.4. The predicted octanol–water partition coefficient (Wildman–Crippen LogP) is 9.60. The third-order valence-electron chi connectivity index (χ3n) is 8.29. The zero-order chi connectivity index (χ0) is 21.9. The Morgan fingerprint density at radius 3 is 2.26 bits per heavy atom. The molecule has 0 nitrogen and oxygen atoms in total. The highest BCUT2D eigenvalue weighted by Crippen LogP contribution is 2.36. The maximum Gasteiger partial charge on any atom is 0.126 e. The standard InChI is InChI=1S/C30H47F/c1-3-5-6-7-8-29-22-21-28(23-30(29)31)20-19-27-17-15-26(16-18-27)14-13-25-11-9-24(4-2)10-12-25/h17,21-26H,3-16,18-20H2,1-2H3/t24-,25-,26?. The van der Waals surface area contributed by atoms with Gasteiger partial charge in [0.2, 0.25) is 0 Å². The molecule has 0 aliphatic heterocycles. The van der Waals surface area contributed by atoms with E-state index < -0.39 is 0 Å². The summed E-state index contributed by atoms with van der Waals surface area (Å²) in [4.78, 5) is 0. The van der Waals surface area contributed by atoms with E-state index in [4.69, 9.17) is 0 Å². The van der Waals surface area contributed by atoms with Crippen molar-refractivity contribution in [2.45, 2.75) is 123 Å². The van der Waals surface area contributed by atoms with Crippen LogP contribution in [0.4, 0.5) is 4.39 Å². The molecule has 1 aromatic rings. The summed E-state index contributed by atoms with van der Waals surface area (Å²) in [5, 5.41) is 0. The van der Waals surface area contributed by atoms with E-state index >= 15 is 0 Å². The number of rotatable bonds is 12. The Morgan fingerprint density at radius 1 is 0.806 bits per heavy atom. The van der Waals surface area contributed by atoms with Crippen LogP contribution in [0.2, 0.25) is 0 Å². The number of hydrogen-bond acceptors (Lipinski definition) is 0. The summed E-state index contributed by atoms with van der Waals surface area (Å²) in [5.74, 6) is 2.96. The summed E-state index contributed by atoms with van der Waals surface area (Å²) in [7, 11) is 0. The van der Waals surface area contributed by atoms with Crippen LogP contribution in [0.5, 0.6) is 0 Å². The number of benzene rings is 1. The zero-order valence-electron chi connectivity index (χ0n) is 20.4. The molecule has 1 aromatic carbocycles. The van der Waals surface area contributed by atoms with Crippen molar-refractivity contribution >= 4 is 0 Å². The van der Waals surface area contributed by atoms with Crippen molar-refractivity contribution in [1.82, 2.24) is 0 Å². The van der Waals surface area contributed by atoms with Crippen molar-refractivity contribution < 1.29 is 4.39 Å². The van der Waals surface area contributed by atoms with Gasteiger partial charge in [-0.05, 0) is 86.3 Å². The molecule has 0 heterocycles. The molecule has 0 bridgehead atoms. The Bertz CT molecular complexity index is 665. The van der Waals surface area contributed by atoms with Crippen LogP contribution in [0, 0.1) is 23.6 Å². The van der Waals surface area contributed by atoms with Crippen LogP contribution in [0.1, 0.15) is 121 Å². The number of aryl methyl sites for hydroxylation is 2. The minimum Gasteiger partial charge on any atom is -0.207 e. The predicted molar refractivity (Wildman–Crippen MR) is 133 cm³/mol. The second kappa shape index (κ2) is 13.4. The van der Waals surface area contributed by atoms with E-state index in [1.54, 1.807) is 11.6 Å². The molecule has 2 aliphatic carbocycles. The summed E-state index contributed by atoms with van der Waals surface area (Å²) < 4.78 is 14.4. The third kappa shape index (κ3) is 8.39. The van der Waals surface area contributed by atoms with E-state index in [9.17, 15) is 4.39 Å². The van der Waals surface area contributed by atoms with Crippen LogP contribution in [0.15, 0.2) is 29.8 Å². The molecule has 1 unspecified atom stereocenters. The van der Waals surface area contributed by atoms with Crippen molar-refractivity contribution in [3.63, 3.8) is 0 Å². The lowest BCUT2D eigenvalue weighted by Gasteiger charge is -2.29. The molecular weight excluding hydrogens is 379 g/mol. The highest BCUT2D eigenvalue weighted by molar-refractivity contribution is 5.25. The fraction of sp³-hybridized carbons (Fsp3) is 0.733. The molecule has 1 atom stereocenters. The monoisotopic (exact) mass is 426 g/mol. The van der Waals surface area contributed by atoms with Gasteiger partial charge in [0.15, 0.2) is 0 Å². The van der Waals surface area contributed by atoms with Gasteiger partial charge in [-0.2, -0.15) is 0 Å². The van der Waals surface area contributed by atoms with Crippen molar-refractivity contribution in [2.24, 2.45) is 17.8 Å². The fourth-order valence-electron chi connectivity index (χ4n) is 5.83. The van der Waals surface area contributed by atoms with Crippen molar-refractivity contribution in [1.29, 1.82) is 0 Å². The van der Waals surface area contributed by atoms with Crippen LogP contribution >= 0.6 is 0 Å². The molecule has 2 aliphatic rings. The lowest BCUT2D eigenvalue weighted by molar-refractivity contribution is 0.241. The Labute approximate surface area is 192 Å². The van der Waals surface area contributed by atoms with Gasteiger partial charge in [0.25, 0.3) is 0 Å². The van der Waals surface area contributed by atoms with E-state index in [0.29, 0.717) is 0 Å². The normalized spacial score (nSPS) is 24.2. The van der Waals surface area contributed by atoms with Gasteiger partial charge in [0, 0.05) is 0 Å². The lowest BCUT2D eigenvalue weighted by atomic mass is 9.76. The molecule has 0 N–H and O–H groups in total. The maximum atomic E-state index is 14.4.